The highest BCUT2D eigenvalue weighted by molar-refractivity contribution is 8.26. The van der Waals surface area contributed by atoms with E-state index in [1.54, 1.807) is 7.11 Å². The lowest BCUT2D eigenvalue weighted by molar-refractivity contribution is -0.166. The molecule has 3 fully saturated rings. The minimum Gasteiger partial charge on any atom is -0.459 e. The first-order valence-corrected chi connectivity index (χ1v) is 10.7. The SMILES string of the molecule is COC1CC(/C=C2/SC(=S)NC2=O)CCC1OC(=O)C1CCCC(C)C1. The van der Waals surface area contributed by atoms with E-state index in [0.29, 0.717) is 15.1 Å². The highest BCUT2D eigenvalue weighted by Crippen LogP contribution is 2.35. The summed E-state index contributed by atoms with van der Waals surface area (Å²) in [5, 5.41) is 2.64. The molecule has 1 saturated heterocycles. The molecule has 0 spiro atoms. The zero-order valence-corrected chi connectivity index (χ0v) is 17.0. The Bertz CT molecular complexity index is 606. The van der Waals surface area contributed by atoms with Gasteiger partial charge in [0.1, 0.15) is 10.4 Å². The van der Waals surface area contributed by atoms with Crippen LogP contribution in [-0.2, 0) is 19.1 Å². The summed E-state index contributed by atoms with van der Waals surface area (Å²) < 4.78 is 12.0. The summed E-state index contributed by atoms with van der Waals surface area (Å²) in [6.45, 7) is 2.21. The Balaban J connectivity index is 1.56. The number of amides is 1. The van der Waals surface area contributed by atoms with E-state index in [9.17, 15) is 9.59 Å². The maximum absolute atomic E-state index is 12.6. The van der Waals surface area contributed by atoms with Crippen LogP contribution >= 0.6 is 24.0 Å². The molecule has 0 bridgehead atoms. The average molecular weight is 398 g/mol. The molecule has 3 aliphatic rings. The standard InChI is InChI=1S/C19H27NO4S2/c1-11-4-3-5-13(8-11)18(22)24-14-7-6-12(9-15(14)23-2)10-16-17(21)20-19(25)26-16/h10-15H,3-9H2,1-2H3,(H,20,21,25)/b16-10+. The molecule has 7 heteroatoms. The first kappa shape index (κ1) is 19.8. The number of hydrogen-bond acceptors (Lipinski definition) is 6. The summed E-state index contributed by atoms with van der Waals surface area (Å²) in [5.74, 6) is 0.697. The predicted molar refractivity (Wildman–Crippen MR) is 106 cm³/mol. The average Bonchev–Trinajstić information content (AvgIpc) is 2.93. The highest BCUT2D eigenvalue weighted by Gasteiger charge is 2.36. The molecule has 5 unspecified atom stereocenters. The van der Waals surface area contributed by atoms with Crippen molar-refractivity contribution in [2.24, 2.45) is 17.8 Å². The summed E-state index contributed by atoms with van der Waals surface area (Å²) >= 11 is 6.34. The van der Waals surface area contributed by atoms with Crippen LogP contribution in [0.4, 0.5) is 0 Å². The van der Waals surface area contributed by atoms with Crippen LogP contribution in [0, 0.1) is 17.8 Å². The van der Waals surface area contributed by atoms with E-state index in [4.69, 9.17) is 21.7 Å². The fraction of sp³-hybridized carbons (Fsp3) is 0.737. The molecule has 26 heavy (non-hydrogen) atoms. The van der Waals surface area contributed by atoms with Gasteiger partial charge in [-0.1, -0.05) is 49.8 Å². The van der Waals surface area contributed by atoms with Crippen molar-refractivity contribution in [2.45, 2.75) is 64.1 Å². The van der Waals surface area contributed by atoms with E-state index in [0.717, 1.165) is 38.5 Å². The number of nitrogens with one attached hydrogen (secondary N) is 1. The summed E-state index contributed by atoms with van der Waals surface area (Å²) in [6.07, 6.45) is 8.25. The molecule has 1 N–H and O–H groups in total. The van der Waals surface area contributed by atoms with Gasteiger partial charge in [0.15, 0.2) is 0 Å². The Labute approximate surface area is 164 Å². The molecule has 5 atom stereocenters. The zero-order chi connectivity index (χ0) is 18.7. The smallest absolute Gasteiger partial charge is 0.309 e. The molecular weight excluding hydrogens is 370 g/mol. The number of methoxy groups -OCH3 is 1. The zero-order valence-electron chi connectivity index (χ0n) is 15.4. The quantitative estimate of drug-likeness (QED) is 0.444. The first-order valence-electron chi connectivity index (χ1n) is 9.44. The van der Waals surface area contributed by atoms with Gasteiger partial charge in [-0.2, -0.15) is 0 Å². The second kappa shape index (κ2) is 8.85. The lowest BCUT2D eigenvalue weighted by Crippen LogP contribution is -2.40. The summed E-state index contributed by atoms with van der Waals surface area (Å²) in [4.78, 5) is 25.1. The molecule has 0 aromatic carbocycles. The van der Waals surface area contributed by atoms with Gasteiger partial charge in [-0.05, 0) is 43.9 Å². The number of thiocarbonyl (C=S) groups is 1. The lowest BCUT2D eigenvalue weighted by Gasteiger charge is -2.35. The van der Waals surface area contributed by atoms with Crippen molar-refractivity contribution in [3.63, 3.8) is 0 Å². The van der Waals surface area contributed by atoms with Crippen molar-refractivity contribution in [1.29, 1.82) is 0 Å². The first-order chi connectivity index (χ1) is 12.5. The van der Waals surface area contributed by atoms with Gasteiger partial charge in [0.05, 0.1) is 16.9 Å². The second-order valence-electron chi connectivity index (χ2n) is 7.67. The molecule has 0 radical (unpaired) electrons. The summed E-state index contributed by atoms with van der Waals surface area (Å²) in [6, 6.07) is 0. The molecule has 0 aromatic rings. The number of carbonyl (C=O) groups is 2. The Morgan fingerprint density at radius 3 is 2.69 bits per heavy atom. The number of hydrogen-bond donors (Lipinski definition) is 1. The molecule has 1 heterocycles. The molecule has 5 nitrogen and oxygen atoms in total. The predicted octanol–water partition coefficient (Wildman–Crippen LogP) is 3.57. The van der Waals surface area contributed by atoms with Crippen molar-refractivity contribution < 1.29 is 19.1 Å². The fourth-order valence-corrected chi connectivity index (χ4v) is 5.32. The van der Waals surface area contributed by atoms with E-state index in [2.05, 4.69) is 12.2 Å². The topological polar surface area (TPSA) is 64.6 Å². The van der Waals surface area contributed by atoms with Gasteiger partial charge in [0, 0.05) is 7.11 Å². The van der Waals surface area contributed by atoms with Crippen LogP contribution in [0.15, 0.2) is 11.0 Å². The van der Waals surface area contributed by atoms with Gasteiger partial charge in [0.2, 0.25) is 0 Å². The van der Waals surface area contributed by atoms with Crippen LogP contribution in [0.25, 0.3) is 0 Å². The molecule has 144 valence electrons. The molecule has 2 saturated carbocycles. The molecule has 1 aliphatic heterocycles. The van der Waals surface area contributed by atoms with Crippen molar-refractivity contribution in [1.82, 2.24) is 5.32 Å². The van der Waals surface area contributed by atoms with Crippen LogP contribution in [0.2, 0.25) is 0 Å². The molecular formula is C19H27NO4S2. The molecule has 3 rings (SSSR count). The van der Waals surface area contributed by atoms with Crippen molar-refractivity contribution in [3.8, 4) is 0 Å². The Morgan fingerprint density at radius 1 is 1.23 bits per heavy atom. The number of allylic oxidation sites excluding steroid dienone is 1. The number of ether oxygens (including phenoxy) is 2. The van der Waals surface area contributed by atoms with Crippen LogP contribution in [-0.4, -0.2) is 35.5 Å². The van der Waals surface area contributed by atoms with E-state index < -0.39 is 0 Å². The highest BCUT2D eigenvalue weighted by atomic mass is 32.2. The third-order valence-corrected chi connectivity index (χ3v) is 6.82. The minimum absolute atomic E-state index is 0.0377. The normalized spacial score (nSPS) is 36.8. The Kier molecular flexibility index (Phi) is 6.75. The van der Waals surface area contributed by atoms with Gasteiger partial charge < -0.3 is 14.8 Å². The van der Waals surface area contributed by atoms with Crippen molar-refractivity contribution >= 4 is 40.2 Å². The van der Waals surface area contributed by atoms with Gasteiger partial charge in [-0.15, -0.1) is 0 Å². The summed E-state index contributed by atoms with van der Waals surface area (Å²) in [7, 11) is 1.66. The van der Waals surface area contributed by atoms with Crippen LogP contribution in [0.5, 0.6) is 0 Å². The van der Waals surface area contributed by atoms with Gasteiger partial charge in [-0.25, -0.2) is 0 Å². The van der Waals surface area contributed by atoms with Gasteiger partial charge >= 0.3 is 5.97 Å². The second-order valence-corrected chi connectivity index (χ2v) is 9.38. The minimum atomic E-state index is -0.189. The monoisotopic (exact) mass is 397 g/mol. The van der Waals surface area contributed by atoms with Crippen LogP contribution in [0.3, 0.4) is 0 Å². The van der Waals surface area contributed by atoms with E-state index >= 15 is 0 Å². The van der Waals surface area contributed by atoms with Gasteiger partial charge in [0.25, 0.3) is 5.91 Å². The van der Waals surface area contributed by atoms with Crippen molar-refractivity contribution in [2.75, 3.05) is 7.11 Å². The number of carbonyl (C=O) groups excluding carboxylic acids is 2. The molecule has 0 aromatic heterocycles. The Hall–Kier alpha value is -0.920. The summed E-state index contributed by atoms with van der Waals surface area (Å²) in [5.41, 5.74) is 0. The molecule has 2 aliphatic carbocycles. The van der Waals surface area contributed by atoms with E-state index in [1.807, 2.05) is 6.08 Å². The maximum atomic E-state index is 12.6. The van der Waals surface area contributed by atoms with Crippen LogP contribution in [0.1, 0.15) is 51.9 Å². The maximum Gasteiger partial charge on any atom is 0.309 e. The van der Waals surface area contributed by atoms with Crippen molar-refractivity contribution in [3.05, 3.63) is 11.0 Å². The third-order valence-electron chi connectivity index (χ3n) is 5.64. The van der Waals surface area contributed by atoms with E-state index in [-0.39, 0.29) is 35.9 Å². The number of esters is 1. The third kappa shape index (κ3) is 4.87. The van der Waals surface area contributed by atoms with Crippen LogP contribution < -0.4 is 5.32 Å². The fourth-order valence-electron chi connectivity index (χ4n) is 4.21. The van der Waals surface area contributed by atoms with E-state index in [1.165, 1.54) is 18.2 Å². The number of rotatable bonds is 4. The lowest BCUT2D eigenvalue weighted by atomic mass is 9.82. The Morgan fingerprint density at radius 2 is 2.04 bits per heavy atom. The largest absolute Gasteiger partial charge is 0.459 e. The molecule has 1 amide bonds. The number of thioether (sulfide) groups is 1. The van der Waals surface area contributed by atoms with Gasteiger partial charge in [-0.3, -0.25) is 9.59 Å².